The minimum absolute atomic E-state index is 0.0199. The van der Waals surface area contributed by atoms with E-state index in [9.17, 15) is 9.59 Å². The molecule has 2 rings (SSSR count). The quantitative estimate of drug-likeness (QED) is 0.868. The summed E-state index contributed by atoms with van der Waals surface area (Å²) in [7, 11) is 0. The topological polar surface area (TPSA) is 57.6 Å². The second kappa shape index (κ2) is 6.07. The second-order valence-electron chi connectivity index (χ2n) is 5.33. The Labute approximate surface area is 119 Å². The van der Waals surface area contributed by atoms with E-state index in [1.807, 2.05) is 24.3 Å². The molecule has 0 saturated heterocycles. The Morgan fingerprint density at radius 3 is 2.50 bits per heavy atom. The minimum atomic E-state index is -0.842. The normalized spacial score (nSPS) is 15.6. The fourth-order valence-electron chi connectivity index (χ4n) is 3.09. The van der Waals surface area contributed by atoms with Crippen molar-refractivity contribution in [1.82, 2.24) is 4.90 Å². The maximum Gasteiger partial charge on any atom is 0.305 e. The first kappa shape index (κ1) is 14.6. The van der Waals surface area contributed by atoms with Crippen molar-refractivity contribution in [1.29, 1.82) is 0 Å². The summed E-state index contributed by atoms with van der Waals surface area (Å²) in [6.45, 7) is 4.64. The second-order valence-corrected chi connectivity index (χ2v) is 5.33. The lowest BCUT2D eigenvalue weighted by molar-refractivity contribution is -0.138. The van der Waals surface area contributed by atoms with Crippen molar-refractivity contribution in [2.45, 2.75) is 45.7 Å². The van der Waals surface area contributed by atoms with Gasteiger partial charge in [0.15, 0.2) is 0 Å². The summed E-state index contributed by atoms with van der Waals surface area (Å²) in [6.07, 6.45) is 1.79. The first-order chi connectivity index (χ1) is 9.58. The molecule has 4 heteroatoms. The molecule has 0 bridgehead atoms. The number of carboxylic acid groups (broad SMARTS) is 1. The number of fused-ring (bicyclic) bond motifs is 1. The van der Waals surface area contributed by atoms with Crippen LogP contribution < -0.4 is 0 Å². The molecule has 4 nitrogen and oxygen atoms in total. The van der Waals surface area contributed by atoms with Crippen LogP contribution in [0.3, 0.4) is 0 Å². The van der Waals surface area contributed by atoms with Gasteiger partial charge in [-0.2, -0.15) is 0 Å². The average molecular weight is 275 g/mol. The maximum atomic E-state index is 12.5. The first-order valence-electron chi connectivity index (χ1n) is 7.19. The summed E-state index contributed by atoms with van der Waals surface area (Å²) in [6, 6.07) is 7.31. The van der Waals surface area contributed by atoms with Gasteiger partial charge >= 0.3 is 5.97 Å². The molecular formula is C16H21NO3. The van der Waals surface area contributed by atoms with E-state index in [0.29, 0.717) is 12.1 Å². The number of hydrogen-bond acceptors (Lipinski definition) is 2. The number of benzene rings is 1. The molecule has 1 heterocycles. The Morgan fingerprint density at radius 1 is 1.30 bits per heavy atom. The molecule has 1 N–H and O–H groups in total. The van der Waals surface area contributed by atoms with E-state index < -0.39 is 5.97 Å². The van der Waals surface area contributed by atoms with Gasteiger partial charge in [0.25, 0.3) is 5.91 Å². The molecule has 0 aliphatic carbocycles. The fraction of sp³-hybridized carbons (Fsp3) is 0.500. The van der Waals surface area contributed by atoms with Crippen LogP contribution in [0.2, 0.25) is 0 Å². The number of nitrogens with zero attached hydrogens (tertiary/aromatic N) is 1. The maximum absolute atomic E-state index is 12.5. The van der Waals surface area contributed by atoms with Crippen molar-refractivity contribution in [2.24, 2.45) is 5.92 Å². The van der Waals surface area contributed by atoms with Gasteiger partial charge in [-0.1, -0.05) is 44.9 Å². The number of hydrogen-bond donors (Lipinski definition) is 1. The highest BCUT2D eigenvalue weighted by Crippen LogP contribution is 2.30. The minimum Gasteiger partial charge on any atom is -0.481 e. The van der Waals surface area contributed by atoms with Crippen LogP contribution in [0.25, 0.3) is 0 Å². The van der Waals surface area contributed by atoms with E-state index in [1.54, 1.807) is 4.90 Å². The standard InChI is InChI=1S/C16H21NO3/c1-3-11(4-2)14(9-15(18)19)17-10-12-7-5-6-8-13(12)16(17)20/h5-8,11,14H,3-4,9-10H2,1-2H3,(H,18,19)/t14-/m0/s1. The third kappa shape index (κ3) is 2.69. The molecule has 1 aromatic carbocycles. The number of aliphatic carboxylic acids is 1. The van der Waals surface area contributed by atoms with Crippen molar-refractivity contribution in [3.05, 3.63) is 35.4 Å². The van der Waals surface area contributed by atoms with E-state index in [2.05, 4.69) is 13.8 Å². The van der Waals surface area contributed by atoms with Crippen LogP contribution >= 0.6 is 0 Å². The van der Waals surface area contributed by atoms with Crippen molar-refractivity contribution in [2.75, 3.05) is 0 Å². The zero-order valence-electron chi connectivity index (χ0n) is 12.0. The molecule has 108 valence electrons. The molecule has 0 aromatic heterocycles. The molecule has 1 aromatic rings. The monoisotopic (exact) mass is 275 g/mol. The van der Waals surface area contributed by atoms with Crippen molar-refractivity contribution in [3.8, 4) is 0 Å². The van der Waals surface area contributed by atoms with Crippen molar-refractivity contribution >= 4 is 11.9 Å². The van der Waals surface area contributed by atoms with E-state index >= 15 is 0 Å². The highest BCUT2D eigenvalue weighted by Gasteiger charge is 2.36. The Kier molecular flexibility index (Phi) is 4.42. The summed E-state index contributed by atoms with van der Waals surface area (Å²) in [5, 5.41) is 9.15. The molecule has 20 heavy (non-hydrogen) atoms. The van der Waals surface area contributed by atoms with Gasteiger partial charge < -0.3 is 10.0 Å². The van der Waals surface area contributed by atoms with E-state index in [-0.39, 0.29) is 24.3 Å². The summed E-state index contributed by atoms with van der Waals surface area (Å²) in [5.41, 5.74) is 1.72. The molecule has 0 spiro atoms. The third-order valence-electron chi connectivity index (χ3n) is 4.23. The van der Waals surface area contributed by atoms with Crippen LogP contribution in [-0.2, 0) is 11.3 Å². The van der Waals surface area contributed by atoms with Crippen molar-refractivity contribution < 1.29 is 14.7 Å². The van der Waals surface area contributed by atoms with Crippen LogP contribution in [-0.4, -0.2) is 27.9 Å². The summed E-state index contributed by atoms with van der Waals surface area (Å²) < 4.78 is 0. The molecule has 1 atom stereocenters. The lowest BCUT2D eigenvalue weighted by atomic mass is 9.90. The van der Waals surface area contributed by atoms with Gasteiger partial charge in [0.2, 0.25) is 0 Å². The lowest BCUT2D eigenvalue weighted by Crippen LogP contribution is -2.42. The highest BCUT2D eigenvalue weighted by atomic mass is 16.4. The Morgan fingerprint density at radius 2 is 1.95 bits per heavy atom. The van der Waals surface area contributed by atoms with Gasteiger partial charge in [-0.25, -0.2) is 0 Å². The van der Waals surface area contributed by atoms with Gasteiger partial charge in [0, 0.05) is 18.2 Å². The zero-order valence-corrected chi connectivity index (χ0v) is 12.0. The van der Waals surface area contributed by atoms with Crippen LogP contribution in [0, 0.1) is 5.92 Å². The highest BCUT2D eigenvalue weighted by molar-refractivity contribution is 5.98. The average Bonchev–Trinajstić information content (AvgIpc) is 2.76. The summed E-state index contributed by atoms with van der Waals surface area (Å²) in [4.78, 5) is 25.4. The fourth-order valence-corrected chi connectivity index (χ4v) is 3.09. The van der Waals surface area contributed by atoms with Crippen LogP contribution in [0.4, 0.5) is 0 Å². The Hall–Kier alpha value is -1.84. The molecular weight excluding hydrogens is 254 g/mol. The smallest absolute Gasteiger partial charge is 0.305 e. The van der Waals surface area contributed by atoms with Crippen LogP contribution in [0.5, 0.6) is 0 Å². The number of rotatable bonds is 6. The number of carbonyl (C=O) groups is 2. The summed E-state index contributed by atoms with van der Waals surface area (Å²) >= 11 is 0. The molecule has 1 aliphatic rings. The molecule has 0 fully saturated rings. The molecule has 0 saturated carbocycles. The van der Waals surface area contributed by atoms with E-state index in [1.165, 1.54) is 0 Å². The van der Waals surface area contributed by atoms with Crippen LogP contribution in [0.1, 0.15) is 49.0 Å². The van der Waals surface area contributed by atoms with E-state index in [0.717, 1.165) is 18.4 Å². The molecule has 1 aliphatic heterocycles. The third-order valence-corrected chi connectivity index (χ3v) is 4.23. The predicted molar refractivity (Wildman–Crippen MR) is 76.4 cm³/mol. The molecule has 1 amide bonds. The van der Waals surface area contributed by atoms with Gasteiger partial charge in [-0.3, -0.25) is 9.59 Å². The first-order valence-corrected chi connectivity index (χ1v) is 7.19. The molecule has 0 radical (unpaired) electrons. The number of carboxylic acids is 1. The molecule has 0 unspecified atom stereocenters. The van der Waals surface area contributed by atoms with Crippen LogP contribution in [0.15, 0.2) is 24.3 Å². The lowest BCUT2D eigenvalue weighted by Gasteiger charge is -2.32. The van der Waals surface area contributed by atoms with Gasteiger partial charge in [-0.15, -0.1) is 0 Å². The van der Waals surface area contributed by atoms with Gasteiger partial charge in [0.1, 0.15) is 0 Å². The van der Waals surface area contributed by atoms with E-state index in [4.69, 9.17) is 5.11 Å². The SMILES string of the molecule is CCC(CC)[C@H](CC(=O)O)N1Cc2ccccc2C1=O. The Balaban J connectivity index is 2.27. The zero-order chi connectivity index (χ0) is 14.7. The summed E-state index contributed by atoms with van der Waals surface area (Å²) in [5.74, 6) is -0.645. The van der Waals surface area contributed by atoms with Gasteiger partial charge in [0.05, 0.1) is 6.42 Å². The van der Waals surface area contributed by atoms with Gasteiger partial charge in [-0.05, 0) is 17.5 Å². The number of carbonyl (C=O) groups excluding carboxylic acids is 1. The van der Waals surface area contributed by atoms with Crippen molar-refractivity contribution in [3.63, 3.8) is 0 Å². The predicted octanol–water partition coefficient (Wildman–Crippen LogP) is 2.92. The Bertz CT molecular complexity index is 508. The number of amides is 1. The largest absolute Gasteiger partial charge is 0.481 e.